The number of methoxy groups -OCH3 is 1. The van der Waals surface area contributed by atoms with Gasteiger partial charge in [0.25, 0.3) is 5.91 Å². The van der Waals surface area contributed by atoms with Crippen LogP contribution in [-0.2, 0) is 9.53 Å². The summed E-state index contributed by atoms with van der Waals surface area (Å²) in [5.74, 6) is -0.771. The van der Waals surface area contributed by atoms with Crippen LogP contribution in [0.2, 0.25) is 0 Å². The molecule has 1 aromatic rings. The first-order valence-corrected chi connectivity index (χ1v) is 6.81. The van der Waals surface area contributed by atoms with Gasteiger partial charge in [-0.25, -0.2) is 4.79 Å². The molecule has 0 aliphatic carbocycles. The van der Waals surface area contributed by atoms with Crippen LogP contribution in [-0.4, -0.2) is 25.0 Å². The van der Waals surface area contributed by atoms with Gasteiger partial charge in [-0.3, -0.25) is 4.79 Å². The number of hydrogen-bond acceptors (Lipinski definition) is 3. The first kappa shape index (κ1) is 15.7. The summed E-state index contributed by atoms with van der Waals surface area (Å²) in [6.07, 6.45) is 0. The highest BCUT2D eigenvalue weighted by molar-refractivity contribution is 9.10. The lowest BCUT2D eigenvalue weighted by Gasteiger charge is -2.20. The second-order valence-corrected chi connectivity index (χ2v) is 5.45. The molecule has 104 valence electrons. The van der Waals surface area contributed by atoms with Crippen molar-refractivity contribution in [3.05, 3.63) is 33.8 Å². The van der Waals surface area contributed by atoms with E-state index >= 15 is 0 Å². The van der Waals surface area contributed by atoms with Gasteiger partial charge >= 0.3 is 5.97 Å². The molecule has 1 rings (SSSR count). The van der Waals surface area contributed by atoms with Gasteiger partial charge in [-0.05, 0) is 40.4 Å². The molecule has 1 N–H and O–H groups in total. The van der Waals surface area contributed by atoms with E-state index in [-0.39, 0.29) is 11.8 Å². The molecule has 0 aromatic heterocycles. The number of aryl methyl sites for hydroxylation is 1. The molecule has 0 fully saturated rings. The van der Waals surface area contributed by atoms with Crippen molar-refractivity contribution < 1.29 is 14.3 Å². The average molecular weight is 328 g/mol. The Labute approximate surface area is 121 Å². The van der Waals surface area contributed by atoms with E-state index in [1.807, 2.05) is 26.8 Å². The topological polar surface area (TPSA) is 55.4 Å². The molecule has 0 saturated heterocycles. The van der Waals surface area contributed by atoms with E-state index in [0.29, 0.717) is 5.56 Å². The molecule has 0 spiro atoms. The molecule has 0 aliphatic rings. The number of rotatable bonds is 4. The Morgan fingerprint density at radius 2 is 1.95 bits per heavy atom. The SMILES string of the molecule is COC(=O)[C@@H](NC(=O)c1cccc(C)c1Br)C(C)C. The number of ether oxygens (including phenoxy) is 1. The third-order valence-electron chi connectivity index (χ3n) is 2.84. The van der Waals surface area contributed by atoms with E-state index in [2.05, 4.69) is 21.2 Å². The third kappa shape index (κ3) is 3.80. The Hall–Kier alpha value is -1.36. The predicted molar refractivity (Wildman–Crippen MR) is 77.0 cm³/mol. The Morgan fingerprint density at radius 1 is 1.32 bits per heavy atom. The summed E-state index contributed by atoms with van der Waals surface area (Å²) in [4.78, 5) is 23.8. The number of amides is 1. The van der Waals surface area contributed by atoms with E-state index in [0.717, 1.165) is 10.0 Å². The molecule has 5 heteroatoms. The van der Waals surface area contributed by atoms with Crippen LogP contribution < -0.4 is 5.32 Å². The maximum Gasteiger partial charge on any atom is 0.328 e. The van der Waals surface area contributed by atoms with Crippen molar-refractivity contribution in [3.63, 3.8) is 0 Å². The molecule has 19 heavy (non-hydrogen) atoms. The van der Waals surface area contributed by atoms with Crippen LogP contribution in [0, 0.1) is 12.8 Å². The highest BCUT2D eigenvalue weighted by atomic mass is 79.9. The number of hydrogen-bond donors (Lipinski definition) is 1. The molecule has 0 unspecified atom stereocenters. The number of nitrogens with one attached hydrogen (secondary N) is 1. The highest BCUT2D eigenvalue weighted by Gasteiger charge is 2.26. The van der Waals surface area contributed by atoms with Crippen LogP contribution in [0.25, 0.3) is 0 Å². The zero-order valence-electron chi connectivity index (χ0n) is 11.5. The van der Waals surface area contributed by atoms with Crippen molar-refractivity contribution >= 4 is 27.8 Å². The van der Waals surface area contributed by atoms with Gasteiger partial charge in [0, 0.05) is 4.47 Å². The molecule has 0 bridgehead atoms. The quantitative estimate of drug-likeness (QED) is 0.865. The van der Waals surface area contributed by atoms with Crippen LogP contribution in [0.4, 0.5) is 0 Å². The number of carbonyl (C=O) groups is 2. The lowest BCUT2D eigenvalue weighted by Crippen LogP contribution is -2.45. The molecule has 0 heterocycles. The third-order valence-corrected chi connectivity index (χ3v) is 3.90. The van der Waals surface area contributed by atoms with Crippen LogP contribution in [0.1, 0.15) is 29.8 Å². The van der Waals surface area contributed by atoms with Gasteiger partial charge < -0.3 is 10.1 Å². The molecule has 4 nitrogen and oxygen atoms in total. The minimum Gasteiger partial charge on any atom is -0.467 e. The second-order valence-electron chi connectivity index (χ2n) is 4.65. The number of halogens is 1. The Morgan fingerprint density at radius 3 is 2.47 bits per heavy atom. The predicted octanol–water partition coefficient (Wildman–Crippen LogP) is 2.68. The molecule has 0 radical (unpaired) electrons. The van der Waals surface area contributed by atoms with E-state index in [1.165, 1.54) is 7.11 Å². The fourth-order valence-electron chi connectivity index (χ4n) is 1.67. The van der Waals surface area contributed by atoms with Gasteiger partial charge in [0.15, 0.2) is 0 Å². The van der Waals surface area contributed by atoms with Gasteiger partial charge in [0.2, 0.25) is 0 Å². The van der Waals surface area contributed by atoms with Crippen molar-refractivity contribution in [1.29, 1.82) is 0 Å². The van der Waals surface area contributed by atoms with Gasteiger partial charge in [0.05, 0.1) is 12.7 Å². The summed E-state index contributed by atoms with van der Waals surface area (Å²) in [5, 5.41) is 2.71. The fraction of sp³-hybridized carbons (Fsp3) is 0.429. The van der Waals surface area contributed by atoms with Gasteiger partial charge in [-0.2, -0.15) is 0 Å². The second kappa shape index (κ2) is 6.70. The Bertz CT molecular complexity index is 486. The fourth-order valence-corrected chi connectivity index (χ4v) is 2.11. The molecule has 1 aromatic carbocycles. The summed E-state index contributed by atoms with van der Waals surface area (Å²) in [5.41, 5.74) is 1.47. The van der Waals surface area contributed by atoms with Crippen LogP contribution in [0.15, 0.2) is 22.7 Å². The molecular formula is C14H18BrNO3. The standard InChI is InChI=1S/C14H18BrNO3/c1-8(2)12(14(18)19-4)16-13(17)10-7-5-6-9(3)11(10)15/h5-8,12H,1-4H3,(H,16,17)/t12-/m0/s1. The van der Waals surface area contributed by atoms with Crippen molar-refractivity contribution in [2.45, 2.75) is 26.8 Å². The number of esters is 1. The largest absolute Gasteiger partial charge is 0.467 e. The summed E-state index contributed by atoms with van der Waals surface area (Å²) >= 11 is 3.38. The van der Waals surface area contributed by atoms with Crippen LogP contribution in [0.3, 0.4) is 0 Å². The first-order chi connectivity index (χ1) is 8.88. The highest BCUT2D eigenvalue weighted by Crippen LogP contribution is 2.21. The van der Waals surface area contributed by atoms with Crippen molar-refractivity contribution in [2.24, 2.45) is 5.92 Å². The van der Waals surface area contributed by atoms with Crippen LogP contribution in [0.5, 0.6) is 0 Å². The summed E-state index contributed by atoms with van der Waals surface area (Å²) in [6.45, 7) is 5.61. The van der Waals surface area contributed by atoms with Crippen molar-refractivity contribution in [1.82, 2.24) is 5.32 Å². The zero-order chi connectivity index (χ0) is 14.6. The number of carbonyl (C=O) groups excluding carboxylic acids is 2. The van der Waals surface area contributed by atoms with E-state index in [9.17, 15) is 9.59 Å². The van der Waals surface area contributed by atoms with E-state index < -0.39 is 12.0 Å². The monoisotopic (exact) mass is 327 g/mol. The van der Waals surface area contributed by atoms with Crippen LogP contribution >= 0.6 is 15.9 Å². The van der Waals surface area contributed by atoms with Gasteiger partial charge in [-0.15, -0.1) is 0 Å². The van der Waals surface area contributed by atoms with E-state index in [4.69, 9.17) is 4.74 Å². The zero-order valence-corrected chi connectivity index (χ0v) is 13.1. The lowest BCUT2D eigenvalue weighted by molar-refractivity contribution is -0.144. The molecule has 1 amide bonds. The van der Waals surface area contributed by atoms with Gasteiger partial charge in [-0.1, -0.05) is 26.0 Å². The summed E-state index contributed by atoms with van der Waals surface area (Å²) in [6, 6.07) is 4.77. The molecule has 0 aliphatic heterocycles. The maximum atomic E-state index is 12.2. The molecule has 1 atom stereocenters. The summed E-state index contributed by atoms with van der Waals surface area (Å²) in [7, 11) is 1.31. The molecule has 0 saturated carbocycles. The Kier molecular flexibility index (Phi) is 5.54. The average Bonchev–Trinajstić information content (AvgIpc) is 2.37. The summed E-state index contributed by atoms with van der Waals surface area (Å²) < 4.78 is 5.43. The smallest absolute Gasteiger partial charge is 0.328 e. The minimum atomic E-state index is -0.648. The van der Waals surface area contributed by atoms with Gasteiger partial charge in [0.1, 0.15) is 6.04 Å². The minimum absolute atomic E-state index is 0.0417. The normalized spacial score (nSPS) is 12.1. The molecular weight excluding hydrogens is 310 g/mol. The Balaban J connectivity index is 2.94. The van der Waals surface area contributed by atoms with Crippen molar-refractivity contribution in [3.8, 4) is 0 Å². The van der Waals surface area contributed by atoms with Crippen molar-refractivity contribution in [2.75, 3.05) is 7.11 Å². The number of benzene rings is 1. The maximum absolute atomic E-state index is 12.2. The first-order valence-electron chi connectivity index (χ1n) is 6.02. The van der Waals surface area contributed by atoms with E-state index in [1.54, 1.807) is 12.1 Å². The lowest BCUT2D eigenvalue weighted by atomic mass is 10.0.